The Morgan fingerprint density at radius 3 is 2.67 bits per heavy atom. The molecule has 0 spiro atoms. The SMILES string of the molecule is CCCCn1c(SCC(=O)Nc2ccccc2-c2ccccc2)n[nH]c1=O. The van der Waals surface area contributed by atoms with Crippen molar-refractivity contribution in [2.24, 2.45) is 0 Å². The molecule has 0 saturated heterocycles. The molecular formula is C20H22N4O2S. The van der Waals surface area contributed by atoms with Crippen molar-refractivity contribution in [1.82, 2.24) is 14.8 Å². The lowest BCUT2D eigenvalue weighted by Crippen LogP contribution is -2.19. The minimum absolute atomic E-state index is 0.138. The highest BCUT2D eigenvalue weighted by Crippen LogP contribution is 2.27. The minimum Gasteiger partial charge on any atom is -0.325 e. The number of aromatic nitrogens is 3. The van der Waals surface area contributed by atoms with Crippen LogP contribution in [0.2, 0.25) is 0 Å². The number of nitrogens with zero attached hydrogens (tertiary/aromatic N) is 2. The smallest absolute Gasteiger partial charge is 0.325 e. The first kappa shape index (κ1) is 19.0. The number of hydrogen-bond acceptors (Lipinski definition) is 4. The van der Waals surface area contributed by atoms with Gasteiger partial charge in [-0.25, -0.2) is 9.89 Å². The van der Waals surface area contributed by atoms with Crippen LogP contribution < -0.4 is 11.0 Å². The number of amides is 1. The van der Waals surface area contributed by atoms with E-state index in [1.54, 1.807) is 4.57 Å². The van der Waals surface area contributed by atoms with Gasteiger partial charge in [0.05, 0.1) is 5.75 Å². The van der Waals surface area contributed by atoms with Gasteiger partial charge < -0.3 is 5.32 Å². The van der Waals surface area contributed by atoms with E-state index in [-0.39, 0.29) is 17.3 Å². The highest BCUT2D eigenvalue weighted by molar-refractivity contribution is 7.99. The molecule has 0 radical (unpaired) electrons. The fourth-order valence-electron chi connectivity index (χ4n) is 2.70. The molecule has 7 heteroatoms. The number of thioether (sulfide) groups is 1. The van der Waals surface area contributed by atoms with Crippen molar-refractivity contribution in [3.63, 3.8) is 0 Å². The van der Waals surface area contributed by atoms with Gasteiger partial charge in [0.15, 0.2) is 5.16 Å². The van der Waals surface area contributed by atoms with Gasteiger partial charge in [-0.15, -0.1) is 5.10 Å². The number of H-pyrrole nitrogens is 1. The average molecular weight is 382 g/mol. The van der Waals surface area contributed by atoms with Gasteiger partial charge in [0.2, 0.25) is 5.91 Å². The summed E-state index contributed by atoms with van der Waals surface area (Å²) >= 11 is 1.26. The van der Waals surface area contributed by atoms with Crippen molar-refractivity contribution in [1.29, 1.82) is 0 Å². The van der Waals surface area contributed by atoms with Gasteiger partial charge in [-0.2, -0.15) is 0 Å². The lowest BCUT2D eigenvalue weighted by Gasteiger charge is -2.11. The third-order valence-corrected chi connectivity index (χ3v) is 5.05. The molecule has 0 bridgehead atoms. The number of aromatic amines is 1. The van der Waals surface area contributed by atoms with Crippen LogP contribution >= 0.6 is 11.8 Å². The zero-order valence-electron chi connectivity index (χ0n) is 15.1. The van der Waals surface area contributed by atoms with Crippen molar-refractivity contribution in [3.8, 4) is 11.1 Å². The Bertz CT molecular complexity index is 950. The van der Waals surface area contributed by atoms with Crippen LogP contribution in [0.25, 0.3) is 11.1 Å². The molecule has 6 nitrogen and oxygen atoms in total. The van der Waals surface area contributed by atoms with E-state index >= 15 is 0 Å². The molecule has 3 aromatic rings. The largest absolute Gasteiger partial charge is 0.343 e. The highest BCUT2D eigenvalue weighted by atomic mass is 32.2. The molecular weight excluding hydrogens is 360 g/mol. The second kappa shape index (κ2) is 9.23. The Kier molecular flexibility index (Phi) is 6.49. The lowest BCUT2D eigenvalue weighted by molar-refractivity contribution is -0.113. The van der Waals surface area contributed by atoms with E-state index in [9.17, 15) is 9.59 Å². The summed E-state index contributed by atoms with van der Waals surface area (Å²) in [7, 11) is 0. The van der Waals surface area contributed by atoms with Crippen LogP contribution in [0.3, 0.4) is 0 Å². The van der Waals surface area contributed by atoms with Crippen LogP contribution in [-0.4, -0.2) is 26.4 Å². The standard InChI is InChI=1S/C20H22N4O2S/c1-2-3-13-24-19(26)22-23-20(24)27-14-18(25)21-17-12-8-7-11-16(17)15-9-5-4-6-10-15/h4-12H,2-3,13-14H2,1H3,(H,21,25)(H,22,26). The quantitative estimate of drug-likeness (QED) is 0.581. The Morgan fingerprint density at radius 2 is 1.89 bits per heavy atom. The summed E-state index contributed by atoms with van der Waals surface area (Å²) in [5.74, 6) is 0.0420. The van der Waals surface area contributed by atoms with Crippen LogP contribution in [0.15, 0.2) is 64.5 Å². The number of benzene rings is 2. The molecule has 0 unspecified atom stereocenters. The summed E-state index contributed by atoms with van der Waals surface area (Å²) < 4.78 is 1.58. The topological polar surface area (TPSA) is 79.8 Å². The van der Waals surface area contributed by atoms with Crippen LogP contribution in [0.4, 0.5) is 5.69 Å². The van der Waals surface area contributed by atoms with Crippen molar-refractivity contribution >= 4 is 23.4 Å². The maximum Gasteiger partial charge on any atom is 0.343 e. The third-order valence-electron chi connectivity index (χ3n) is 4.08. The molecule has 0 aliphatic carbocycles. The molecule has 0 fully saturated rings. The molecule has 2 aromatic carbocycles. The molecule has 1 aromatic heterocycles. The van der Waals surface area contributed by atoms with Gasteiger partial charge >= 0.3 is 5.69 Å². The lowest BCUT2D eigenvalue weighted by atomic mass is 10.0. The molecule has 1 heterocycles. The van der Waals surface area contributed by atoms with Crippen LogP contribution in [0.5, 0.6) is 0 Å². The Balaban J connectivity index is 1.67. The predicted molar refractivity (Wildman–Crippen MR) is 109 cm³/mol. The normalized spacial score (nSPS) is 10.7. The van der Waals surface area contributed by atoms with Crippen molar-refractivity contribution < 1.29 is 4.79 Å². The molecule has 0 aliphatic heterocycles. The Hall–Kier alpha value is -2.80. The summed E-state index contributed by atoms with van der Waals surface area (Å²) in [6, 6.07) is 17.6. The average Bonchev–Trinajstić information content (AvgIpc) is 3.05. The first-order valence-electron chi connectivity index (χ1n) is 8.91. The first-order chi connectivity index (χ1) is 13.2. The molecule has 0 atom stereocenters. The number of unbranched alkanes of at least 4 members (excludes halogenated alkanes) is 1. The molecule has 3 rings (SSSR count). The van der Waals surface area contributed by atoms with Gasteiger partial charge in [-0.1, -0.05) is 73.6 Å². The fraction of sp³-hybridized carbons (Fsp3) is 0.250. The number of carbonyl (C=O) groups is 1. The van der Waals surface area contributed by atoms with E-state index in [2.05, 4.69) is 22.4 Å². The molecule has 0 aliphatic rings. The van der Waals surface area contributed by atoms with Gasteiger partial charge in [0.25, 0.3) is 0 Å². The Morgan fingerprint density at radius 1 is 1.15 bits per heavy atom. The zero-order chi connectivity index (χ0) is 19.1. The van der Waals surface area contributed by atoms with E-state index in [0.717, 1.165) is 29.7 Å². The van der Waals surface area contributed by atoms with Gasteiger partial charge in [-0.05, 0) is 18.1 Å². The minimum atomic E-state index is -0.235. The van der Waals surface area contributed by atoms with E-state index in [0.29, 0.717) is 11.7 Å². The number of anilines is 1. The molecule has 27 heavy (non-hydrogen) atoms. The summed E-state index contributed by atoms with van der Waals surface area (Å²) in [6.45, 7) is 2.67. The number of hydrogen-bond donors (Lipinski definition) is 2. The van der Waals surface area contributed by atoms with Gasteiger partial charge in [0.1, 0.15) is 0 Å². The maximum atomic E-state index is 12.4. The van der Waals surface area contributed by atoms with Crippen LogP contribution in [0.1, 0.15) is 19.8 Å². The maximum absolute atomic E-state index is 12.4. The van der Waals surface area contributed by atoms with Crippen molar-refractivity contribution in [2.75, 3.05) is 11.1 Å². The number of para-hydroxylation sites is 1. The second-order valence-corrected chi connectivity index (χ2v) is 7.01. The van der Waals surface area contributed by atoms with Gasteiger partial charge in [-0.3, -0.25) is 9.36 Å². The third kappa shape index (κ3) is 4.89. The molecule has 140 valence electrons. The highest BCUT2D eigenvalue weighted by Gasteiger charge is 2.12. The Labute approximate surface area is 162 Å². The van der Waals surface area contributed by atoms with E-state index in [1.807, 2.05) is 54.6 Å². The number of nitrogens with one attached hydrogen (secondary N) is 2. The monoisotopic (exact) mass is 382 g/mol. The van der Waals surface area contributed by atoms with E-state index < -0.39 is 0 Å². The molecule has 2 N–H and O–H groups in total. The summed E-state index contributed by atoms with van der Waals surface area (Å²) in [5.41, 5.74) is 2.54. The van der Waals surface area contributed by atoms with Gasteiger partial charge in [0, 0.05) is 17.8 Å². The molecule has 0 saturated carbocycles. The predicted octanol–water partition coefficient (Wildman–Crippen LogP) is 3.77. The van der Waals surface area contributed by atoms with Crippen LogP contribution in [-0.2, 0) is 11.3 Å². The van der Waals surface area contributed by atoms with E-state index in [4.69, 9.17) is 0 Å². The fourth-order valence-corrected chi connectivity index (χ4v) is 3.48. The zero-order valence-corrected chi connectivity index (χ0v) is 16.0. The summed E-state index contributed by atoms with van der Waals surface area (Å²) in [5, 5.41) is 9.98. The van der Waals surface area contributed by atoms with E-state index in [1.165, 1.54) is 11.8 Å². The number of rotatable bonds is 8. The summed E-state index contributed by atoms with van der Waals surface area (Å²) in [4.78, 5) is 24.3. The van der Waals surface area contributed by atoms with Crippen LogP contribution in [0, 0.1) is 0 Å². The first-order valence-corrected chi connectivity index (χ1v) is 9.90. The molecule has 1 amide bonds. The second-order valence-electron chi connectivity index (χ2n) is 6.06. The van der Waals surface area contributed by atoms with Crippen molar-refractivity contribution in [2.45, 2.75) is 31.5 Å². The number of carbonyl (C=O) groups excluding carboxylic acids is 1. The summed E-state index contributed by atoms with van der Waals surface area (Å²) in [6.07, 6.45) is 1.88. The van der Waals surface area contributed by atoms with Crippen molar-refractivity contribution in [3.05, 3.63) is 65.1 Å².